The number of methoxy groups -OCH3 is 1. The molecule has 0 bridgehead atoms. The molecule has 5 heteroatoms. The molecule has 0 radical (unpaired) electrons. The Kier molecular flexibility index (Phi) is 3.85. The highest BCUT2D eigenvalue weighted by Gasteiger charge is 2.14. The fourth-order valence-electron chi connectivity index (χ4n) is 2.03. The van der Waals surface area contributed by atoms with Gasteiger partial charge in [0.1, 0.15) is 0 Å². The van der Waals surface area contributed by atoms with E-state index in [1.54, 1.807) is 10.9 Å². The highest BCUT2D eigenvalue weighted by atomic mass is 16.5. The first-order valence-corrected chi connectivity index (χ1v) is 5.96. The third-order valence-electron chi connectivity index (χ3n) is 2.81. The third kappa shape index (κ3) is 3.13. The van der Waals surface area contributed by atoms with E-state index in [0.717, 1.165) is 5.56 Å². The van der Waals surface area contributed by atoms with Gasteiger partial charge in [0.15, 0.2) is 0 Å². The maximum Gasteiger partial charge on any atom is 0.308 e. The molecule has 100 valence electrons. The maximum atomic E-state index is 10.8. The summed E-state index contributed by atoms with van der Waals surface area (Å²) in [5.41, 5.74) is 2.86. The lowest BCUT2D eigenvalue weighted by molar-refractivity contribution is -0.136. The SMILES string of the molecule is COc1c(CC(=O)O)cnn1Cc1cccc(C)c1. The molecule has 0 aliphatic carbocycles. The Morgan fingerprint density at radius 3 is 2.89 bits per heavy atom. The van der Waals surface area contributed by atoms with Crippen molar-refractivity contribution in [1.29, 1.82) is 0 Å². The normalized spacial score (nSPS) is 10.4. The summed E-state index contributed by atoms with van der Waals surface area (Å²) in [4.78, 5) is 10.8. The third-order valence-corrected chi connectivity index (χ3v) is 2.81. The molecule has 2 rings (SSSR count). The number of aromatic nitrogens is 2. The molecule has 5 nitrogen and oxygen atoms in total. The molecule has 1 aromatic carbocycles. The zero-order valence-electron chi connectivity index (χ0n) is 11.0. The molecular formula is C14H16N2O3. The molecule has 2 aromatic rings. The Labute approximate surface area is 111 Å². The topological polar surface area (TPSA) is 64.3 Å². The second-order valence-electron chi connectivity index (χ2n) is 4.40. The first-order chi connectivity index (χ1) is 9.10. The lowest BCUT2D eigenvalue weighted by atomic mass is 10.1. The number of carboxylic acids is 1. The van der Waals surface area contributed by atoms with Gasteiger partial charge in [0, 0.05) is 5.56 Å². The summed E-state index contributed by atoms with van der Waals surface area (Å²) in [5, 5.41) is 13.0. The first kappa shape index (κ1) is 13.1. The van der Waals surface area contributed by atoms with Gasteiger partial charge in [0.05, 0.1) is 26.3 Å². The van der Waals surface area contributed by atoms with Gasteiger partial charge in [0.25, 0.3) is 0 Å². The molecule has 0 aliphatic heterocycles. The summed E-state index contributed by atoms with van der Waals surface area (Å²) in [6, 6.07) is 8.08. The molecule has 0 amide bonds. The fraction of sp³-hybridized carbons (Fsp3) is 0.286. The van der Waals surface area contributed by atoms with Gasteiger partial charge in [-0.3, -0.25) is 4.79 Å². The lowest BCUT2D eigenvalue weighted by Crippen LogP contribution is -2.06. The molecule has 0 aliphatic rings. The number of rotatable bonds is 5. The summed E-state index contributed by atoms with van der Waals surface area (Å²) >= 11 is 0. The van der Waals surface area contributed by atoms with Crippen molar-refractivity contribution in [2.75, 3.05) is 7.11 Å². The zero-order valence-corrected chi connectivity index (χ0v) is 11.0. The molecule has 1 N–H and O–H groups in total. The first-order valence-electron chi connectivity index (χ1n) is 5.96. The number of aryl methyl sites for hydroxylation is 1. The molecule has 19 heavy (non-hydrogen) atoms. The van der Waals surface area contributed by atoms with Crippen molar-refractivity contribution in [2.24, 2.45) is 0 Å². The molecule has 1 heterocycles. The van der Waals surface area contributed by atoms with Crippen LogP contribution in [0.25, 0.3) is 0 Å². The van der Waals surface area contributed by atoms with Gasteiger partial charge in [-0.25, -0.2) is 4.68 Å². The zero-order chi connectivity index (χ0) is 13.8. The van der Waals surface area contributed by atoms with E-state index in [2.05, 4.69) is 11.2 Å². The van der Waals surface area contributed by atoms with Gasteiger partial charge >= 0.3 is 5.97 Å². The van der Waals surface area contributed by atoms with E-state index >= 15 is 0 Å². The Morgan fingerprint density at radius 2 is 2.26 bits per heavy atom. The van der Waals surface area contributed by atoms with Gasteiger partial charge < -0.3 is 9.84 Å². The number of hydrogen-bond acceptors (Lipinski definition) is 3. The average Bonchev–Trinajstić information content (AvgIpc) is 2.70. The van der Waals surface area contributed by atoms with Crippen LogP contribution in [-0.2, 0) is 17.8 Å². The summed E-state index contributed by atoms with van der Waals surface area (Å²) in [7, 11) is 1.52. The van der Waals surface area contributed by atoms with Crippen molar-refractivity contribution in [3.8, 4) is 5.88 Å². The number of carbonyl (C=O) groups is 1. The number of benzene rings is 1. The quantitative estimate of drug-likeness (QED) is 0.891. The number of aliphatic carboxylic acids is 1. The largest absolute Gasteiger partial charge is 0.481 e. The number of carboxylic acid groups (broad SMARTS) is 1. The summed E-state index contributed by atoms with van der Waals surface area (Å²) < 4.78 is 6.93. The second kappa shape index (κ2) is 5.56. The van der Waals surface area contributed by atoms with Crippen molar-refractivity contribution in [3.05, 3.63) is 47.2 Å². The molecular weight excluding hydrogens is 244 g/mol. The summed E-state index contributed by atoms with van der Waals surface area (Å²) in [5.74, 6) is -0.391. The molecule has 0 spiro atoms. The molecule has 0 saturated carbocycles. The van der Waals surface area contributed by atoms with Crippen LogP contribution < -0.4 is 4.74 Å². The van der Waals surface area contributed by atoms with E-state index in [0.29, 0.717) is 18.0 Å². The van der Waals surface area contributed by atoms with Crippen LogP contribution in [0.2, 0.25) is 0 Å². The van der Waals surface area contributed by atoms with Crippen LogP contribution >= 0.6 is 0 Å². The second-order valence-corrected chi connectivity index (χ2v) is 4.40. The van der Waals surface area contributed by atoms with Crippen LogP contribution in [0.4, 0.5) is 0 Å². The standard InChI is InChI=1S/C14H16N2O3/c1-10-4-3-5-11(6-10)9-16-14(19-2)12(8-15-16)7-13(17)18/h3-6,8H,7,9H2,1-2H3,(H,17,18). The predicted octanol–water partition coefficient (Wildman–Crippen LogP) is 1.88. The van der Waals surface area contributed by atoms with Crippen molar-refractivity contribution < 1.29 is 14.6 Å². The van der Waals surface area contributed by atoms with E-state index in [1.165, 1.54) is 12.7 Å². The van der Waals surface area contributed by atoms with Crippen LogP contribution in [0.5, 0.6) is 5.88 Å². The Morgan fingerprint density at radius 1 is 1.47 bits per heavy atom. The van der Waals surface area contributed by atoms with Crippen molar-refractivity contribution in [1.82, 2.24) is 9.78 Å². The van der Waals surface area contributed by atoms with Crippen LogP contribution in [0, 0.1) is 6.92 Å². The van der Waals surface area contributed by atoms with E-state index in [9.17, 15) is 4.79 Å². The minimum atomic E-state index is -0.895. The Hall–Kier alpha value is -2.30. The van der Waals surface area contributed by atoms with E-state index in [4.69, 9.17) is 9.84 Å². The van der Waals surface area contributed by atoms with Crippen LogP contribution in [0.15, 0.2) is 30.5 Å². The summed E-state index contributed by atoms with van der Waals surface area (Å²) in [6.45, 7) is 2.59. The number of ether oxygens (including phenoxy) is 1. The number of nitrogens with zero attached hydrogens (tertiary/aromatic N) is 2. The van der Waals surface area contributed by atoms with Crippen LogP contribution in [0.3, 0.4) is 0 Å². The monoisotopic (exact) mass is 260 g/mol. The molecule has 1 aromatic heterocycles. The van der Waals surface area contributed by atoms with Gasteiger partial charge in [-0.1, -0.05) is 29.8 Å². The number of hydrogen-bond donors (Lipinski definition) is 1. The molecule has 0 saturated heterocycles. The predicted molar refractivity (Wildman–Crippen MR) is 70.4 cm³/mol. The highest BCUT2D eigenvalue weighted by Crippen LogP contribution is 2.20. The highest BCUT2D eigenvalue weighted by molar-refractivity contribution is 5.70. The molecule has 0 unspecified atom stereocenters. The average molecular weight is 260 g/mol. The van der Waals surface area contributed by atoms with Gasteiger partial charge in [-0.2, -0.15) is 5.10 Å². The Bertz CT molecular complexity index is 590. The Balaban J connectivity index is 2.25. The van der Waals surface area contributed by atoms with E-state index in [-0.39, 0.29) is 6.42 Å². The van der Waals surface area contributed by atoms with Crippen molar-refractivity contribution in [2.45, 2.75) is 19.9 Å². The van der Waals surface area contributed by atoms with Crippen LogP contribution in [-0.4, -0.2) is 28.0 Å². The van der Waals surface area contributed by atoms with Crippen molar-refractivity contribution >= 4 is 5.97 Å². The fourth-order valence-corrected chi connectivity index (χ4v) is 2.03. The van der Waals surface area contributed by atoms with Gasteiger partial charge in [-0.05, 0) is 12.5 Å². The van der Waals surface area contributed by atoms with Crippen molar-refractivity contribution in [3.63, 3.8) is 0 Å². The molecule has 0 fully saturated rings. The van der Waals surface area contributed by atoms with E-state index in [1.807, 2.05) is 25.1 Å². The van der Waals surface area contributed by atoms with Crippen LogP contribution in [0.1, 0.15) is 16.7 Å². The summed E-state index contributed by atoms with van der Waals surface area (Å²) in [6.07, 6.45) is 1.46. The van der Waals surface area contributed by atoms with E-state index < -0.39 is 5.97 Å². The maximum absolute atomic E-state index is 10.8. The lowest BCUT2D eigenvalue weighted by Gasteiger charge is -2.08. The minimum absolute atomic E-state index is 0.0863. The molecule has 0 atom stereocenters. The smallest absolute Gasteiger partial charge is 0.308 e. The van der Waals surface area contributed by atoms with Gasteiger partial charge in [0.2, 0.25) is 5.88 Å². The van der Waals surface area contributed by atoms with Gasteiger partial charge in [-0.15, -0.1) is 0 Å². The minimum Gasteiger partial charge on any atom is -0.481 e.